The van der Waals surface area contributed by atoms with Crippen LogP contribution in [0.15, 0.2) is 30.9 Å². The predicted octanol–water partition coefficient (Wildman–Crippen LogP) is 5.82. The van der Waals surface area contributed by atoms with Gasteiger partial charge in [-0.05, 0) is 31.9 Å². The smallest absolute Gasteiger partial charge is 0.315 e. The molecule has 1 aliphatic heterocycles. The van der Waals surface area contributed by atoms with E-state index < -0.39 is 19.6 Å². The molecule has 2 rings (SSSR count). The third-order valence-corrected chi connectivity index (χ3v) is 7.61. The Bertz CT molecular complexity index is 623. The molecule has 1 aromatic carbocycles. The van der Waals surface area contributed by atoms with Crippen molar-refractivity contribution in [3.63, 3.8) is 0 Å². The van der Waals surface area contributed by atoms with E-state index in [9.17, 15) is 4.89 Å². The summed E-state index contributed by atoms with van der Waals surface area (Å²) >= 11 is 12.8. The third-order valence-electron chi connectivity index (χ3n) is 4.78. The molecule has 0 saturated carbocycles. The first-order chi connectivity index (χ1) is 12.2. The van der Waals surface area contributed by atoms with Crippen LogP contribution >= 0.6 is 31.3 Å². The second-order valence-electron chi connectivity index (χ2n) is 7.19. The van der Waals surface area contributed by atoms with Gasteiger partial charge in [-0.3, -0.25) is 0 Å². The fourth-order valence-electron chi connectivity index (χ4n) is 3.29. The van der Waals surface area contributed by atoms with Crippen LogP contribution in [-0.2, 0) is 9.05 Å². The lowest BCUT2D eigenvalue weighted by Crippen LogP contribution is -2.47. The van der Waals surface area contributed by atoms with Gasteiger partial charge in [0.15, 0.2) is 0 Å². The highest BCUT2D eigenvalue weighted by atomic mass is 35.5. The maximum Gasteiger partial charge on any atom is 0.315 e. The first-order valence-electron chi connectivity index (χ1n) is 8.95. The van der Waals surface area contributed by atoms with Crippen molar-refractivity contribution in [1.29, 1.82) is 0 Å². The quantitative estimate of drug-likeness (QED) is 0.412. The molecule has 146 valence electrons. The first-order valence-corrected chi connectivity index (χ1v) is 11.2. The molecule has 26 heavy (non-hydrogen) atoms. The molecule has 1 saturated heterocycles. The highest BCUT2D eigenvalue weighted by Crippen LogP contribution is 2.67. The summed E-state index contributed by atoms with van der Waals surface area (Å²) < 4.78 is 13.8. The largest absolute Gasteiger partial charge is 0.616 e. The van der Waals surface area contributed by atoms with Gasteiger partial charge in [0.25, 0.3) is 0 Å². The van der Waals surface area contributed by atoms with E-state index in [2.05, 4.69) is 13.5 Å². The van der Waals surface area contributed by atoms with Gasteiger partial charge >= 0.3 is 8.09 Å². The maximum atomic E-state index is 13.7. The normalized spacial score (nSPS) is 26.7. The summed E-state index contributed by atoms with van der Waals surface area (Å²) in [6, 6.07) is 5.36. The van der Waals surface area contributed by atoms with E-state index in [0.717, 1.165) is 6.42 Å². The topological polar surface area (TPSA) is 44.8 Å². The molecule has 1 fully saturated rings. The molecule has 3 atom stereocenters. The van der Waals surface area contributed by atoms with Crippen molar-refractivity contribution < 1.29 is 13.9 Å². The minimum absolute atomic E-state index is 0.0342. The van der Waals surface area contributed by atoms with Gasteiger partial charge in [-0.25, -0.2) is 0 Å². The van der Waals surface area contributed by atoms with Crippen molar-refractivity contribution in [2.75, 3.05) is 13.2 Å². The summed E-state index contributed by atoms with van der Waals surface area (Å²) in [5, 5.41) is 1.01. The summed E-state index contributed by atoms with van der Waals surface area (Å²) in [5.41, 5.74) is 0.236. The van der Waals surface area contributed by atoms with E-state index in [4.69, 9.17) is 32.2 Å². The average molecular weight is 420 g/mol. The Morgan fingerprint density at radius 1 is 1.38 bits per heavy atom. The molecule has 0 radical (unpaired) electrons. The zero-order valence-electron chi connectivity index (χ0n) is 15.9. The second kappa shape index (κ2) is 8.87. The Morgan fingerprint density at radius 3 is 2.50 bits per heavy atom. The number of rotatable bonds is 7. The lowest BCUT2D eigenvalue weighted by Gasteiger charge is -2.48. The molecule has 0 N–H and O–H groups in total. The van der Waals surface area contributed by atoms with Crippen LogP contribution in [0.2, 0.25) is 10.0 Å². The van der Waals surface area contributed by atoms with Crippen molar-refractivity contribution in [3.8, 4) is 0 Å². The molecule has 1 heterocycles. The molecule has 4 nitrogen and oxygen atoms in total. The molecule has 0 aliphatic carbocycles. The Morgan fingerprint density at radius 2 is 2.00 bits per heavy atom. The van der Waals surface area contributed by atoms with Crippen LogP contribution in [-0.4, -0.2) is 23.9 Å². The van der Waals surface area contributed by atoms with Crippen LogP contribution in [0.4, 0.5) is 0 Å². The highest BCUT2D eigenvalue weighted by Gasteiger charge is 2.54. The van der Waals surface area contributed by atoms with Crippen LogP contribution in [0.3, 0.4) is 0 Å². The van der Waals surface area contributed by atoms with Gasteiger partial charge in [-0.2, -0.15) is 9.05 Å². The summed E-state index contributed by atoms with van der Waals surface area (Å²) in [6.45, 7) is 12.7. The van der Waals surface area contributed by atoms with Crippen LogP contribution in [0.5, 0.6) is 0 Å². The van der Waals surface area contributed by atoms with Crippen molar-refractivity contribution >= 4 is 31.3 Å². The highest BCUT2D eigenvalue weighted by molar-refractivity contribution is 7.56. The molecule has 1 aromatic rings. The van der Waals surface area contributed by atoms with Crippen LogP contribution in [0, 0.1) is 5.41 Å². The number of halogens is 2. The number of hydrogen-bond acceptors (Lipinski definition) is 4. The van der Waals surface area contributed by atoms with E-state index in [1.165, 1.54) is 0 Å². The first kappa shape index (κ1) is 22.1. The van der Waals surface area contributed by atoms with Gasteiger partial charge in [0, 0.05) is 27.6 Å². The van der Waals surface area contributed by atoms with Gasteiger partial charge in [-0.15, -0.1) is 11.2 Å². The molecular weight excluding hydrogens is 392 g/mol. The van der Waals surface area contributed by atoms with Crippen molar-refractivity contribution in [1.82, 2.24) is 4.67 Å². The van der Waals surface area contributed by atoms with Crippen LogP contribution in [0.1, 0.15) is 52.2 Å². The number of hydrogen-bond donors (Lipinski definition) is 0. The van der Waals surface area contributed by atoms with Gasteiger partial charge < -0.3 is 4.89 Å². The Hall–Kier alpha value is -0.190. The second-order valence-corrected chi connectivity index (χ2v) is 9.93. The molecule has 0 aromatic heterocycles. The summed E-state index contributed by atoms with van der Waals surface area (Å²) in [7, 11) is -3.50. The van der Waals surface area contributed by atoms with Crippen molar-refractivity contribution in [3.05, 3.63) is 46.5 Å². The SMILES string of the molecule is C=CCC(CC)N(CC)[P+]1([O-])OCC(C)(C)[C@H](c2c(Cl)cccc2Cl)O1. The van der Waals surface area contributed by atoms with Gasteiger partial charge in [0.1, 0.15) is 12.7 Å². The van der Waals surface area contributed by atoms with Gasteiger partial charge in [0.2, 0.25) is 0 Å². The molecule has 0 spiro atoms. The Labute approximate surface area is 167 Å². The molecule has 0 bridgehead atoms. The minimum atomic E-state index is -3.50. The minimum Gasteiger partial charge on any atom is -0.616 e. The summed E-state index contributed by atoms with van der Waals surface area (Å²) in [4.78, 5) is 13.7. The van der Waals surface area contributed by atoms with Crippen LogP contribution in [0.25, 0.3) is 0 Å². The van der Waals surface area contributed by atoms with E-state index in [-0.39, 0.29) is 12.6 Å². The fourth-order valence-corrected chi connectivity index (χ4v) is 6.38. The molecule has 2 unspecified atom stereocenters. The van der Waals surface area contributed by atoms with Gasteiger partial charge in [0.05, 0.1) is 6.04 Å². The number of benzene rings is 1. The predicted molar refractivity (Wildman–Crippen MR) is 108 cm³/mol. The van der Waals surface area contributed by atoms with E-state index >= 15 is 0 Å². The monoisotopic (exact) mass is 419 g/mol. The molecule has 1 aliphatic rings. The van der Waals surface area contributed by atoms with Crippen molar-refractivity contribution in [2.24, 2.45) is 5.41 Å². The van der Waals surface area contributed by atoms with E-state index in [1.807, 2.05) is 31.5 Å². The molecule has 7 heteroatoms. The summed E-state index contributed by atoms with van der Waals surface area (Å²) in [6.07, 6.45) is 2.83. The summed E-state index contributed by atoms with van der Waals surface area (Å²) in [5.74, 6) is 0. The lowest BCUT2D eigenvalue weighted by atomic mass is 9.83. The van der Waals surface area contributed by atoms with E-state index in [0.29, 0.717) is 28.6 Å². The zero-order valence-corrected chi connectivity index (χ0v) is 18.3. The van der Waals surface area contributed by atoms with Crippen molar-refractivity contribution in [2.45, 2.75) is 52.7 Å². The van der Waals surface area contributed by atoms with Crippen LogP contribution < -0.4 is 4.89 Å². The standard InChI is InChI=1S/C19H28Cl2NO3P/c1-6-10-14(7-2)22(8-3)26(23)24-13-19(4,5)18(25-26)17-15(20)11-9-12-16(17)21/h6,9,11-12,14,18H,1,7-8,10,13H2,2-5H3/t14?,18-,26?/m0/s1. The fraction of sp³-hybridized carbons (Fsp3) is 0.579. The zero-order chi connectivity index (χ0) is 19.5. The molecule has 0 amide bonds. The Balaban J connectivity index is 2.43. The third kappa shape index (κ3) is 4.44. The average Bonchev–Trinajstić information content (AvgIpc) is 2.58. The lowest BCUT2D eigenvalue weighted by molar-refractivity contribution is -0.262. The number of nitrogens with zero attached hydrogens (tertiary/aromatic N) is 1. The molecular formula is C19H28Cl2NO3P. The van der Waals surface area contributed by atoms with E-state index in [1.54, 1.807) is 18.2 Å². The maximum absolute atomic E-state index is 13.7. The van der Waals surface area contributed by atoms with Gasteiger partial charge in [-0.1, -0.05) is 56.1 Å². The Kier molecular flexibility index (Phi) is 7.54.